The number of ether oxygens (including phenoxy) is 2. The predicted octanol–water partition coefficient (Wildman–Crippen LogP) is 7.33. The van der Waals surface area contributed by atoms with E-state index < -0.39 is 15.4 Å². The quantitative estimate of drug-likeness (QED) is 0.103. The molecule has 0 N–H and O–H groups in total. The number of nitrogens with zero attached hydrogens (tertiary/aromatic N) is 2. The molecule has 0 saturated heterocycles. The van der Waals surface area contributed by atoms with E-state index in [-0.39, 0.29) is 35.5 Å². The molecule has 51 heavy (non-hydrogen) atoms. The zero-order chi connectivity index (χ0) is 34.7. The SMILES string of the molecule is COc1ccc(N(c2ccc(OC)cc2)c2ccc(-c3ccc4c(c3)N(CCC(C3CCCCC3)S(=O)(=O)[O-])c3ccccc3S4)cc2)cc1.[Na+]. The minimum Gasteiger partial charge on any atom is -0.748 e. The topological polar surface area (TPSA) is 82.1 Å². The normalized spacial score (nSPS) is 14.8. The van der Waals surface area contributed by atoms with Gasteiger partial charge in [0.1, 0.15) is 11.5 Å². The average molecular weight is 729 g/mol. The van der Waals surface area contributed by atoms with Crippen LogP contribution in [0.25, 0.3) is 11.1 Å². The third-order valence-corrected chi connectivity index (χ3v) is 12.4. The Hall–Kier alpha value is -3.44. The molecule has 1 fully saturated rings. The summed E-state index contributed by atoms with van der Waals surface area (Å²) < 4.78 is 48.5. The molecule has 0 radical (unpaired) electrons. The van der Waals surface area contributed by atoms with Crippen molar-refractivity contribution in [2.24, 2.45) is 5.92 Å². The van der Waals surface area contributed by atoms with Gasteiger partial charge in [0, 0.05) is 33.4 Å². The number of benzene rings is 5. The molecule has 1 saturated carbocycles. The van der Waals surface area contributed by atoms with Gasteiger partial charge in [-0.1, -0.05) is 61.4 Å². The summed E-state index contributed by atoms with van der Waals surface area (Å²) in [6.07, 6.45) is 5.01. The Kier molecular flexibility index (Phi) is 12.1. The maximum atomic E-state index is 12.6. The van der Waals surface area contributed by atoms with Gasteiger partial charge in [-0.25, -0.2) is 8.42 Å². The Morgan fingerprint density at radius 1 is 0.725 bits per heavy atom. The molecule has 2 aliphatic rings. The number of hydrogen-bond donors (Lipinski definition) is 0. The molecular weight excluding hydrogens is 688 g/mol. The summed E-state index contributed by atoms with van der Waals surface area (Å²) in [5, 5.41) is -0.872. The molecule has 5 aromatic rings. The molecule has 0 aromatic heterocycles. The minimum atomic E-state index is -4.43. The van der Waals surface area contributed by atoms with Gasteiger partial charge in [0.15, 0.2) is 0 Å². The van der Waals surface area contributed by atoms with E-state index in [4.69, 9.17) is 9.47 Å². The van der Waals surface area contributed by atoms with Gasteiger partial charge in [-0.15, -0.1) is 0 Å². The van der Waals surface area contributed by atoms with Crippen LogP contribution >= 0.6 is 11.8 Å². The van der Waals surface area contributed by atoms with Crippen molar-refractivity contribution < 1.29 is 52.0 Å². The van der Waals surface area contributed by atoms with Crippen LogP contribution in [0.1, 0.15) is 38.5 Å². The second-order valence-corrected chi connectivity index (χ2v) is 15.6. The van der Waals surface area contributed by atoms with E-state index >= 15 is 0 Å². The molecule has 0 bridgehead atoms. The Morgan fingerprint density at radius 2 is 1.25 bits per heavy atom. The Bertz CT molecular complexity index is 1990. The van der Waals surface area contributed by atoms with Gasteiger partial charge in [-0.3, -0.25) is 0 Å². The fourth-order valence-electron chi connectivity index (χ4n) is 7.34. The van der Waals surface area contributed by atoms with Crippen molar-refractivity contribution >= 4 is 50.3 Å². The largest absolute Gasteiger partial charge is 1.00 e. The molecule has 0 spiro atoms. The fraction of sp³-hybridized carbons (Fsp3) is 0.268. The van der Waals surface area contributed by atoms with Crippen molar-refractivity contribution in [2.45, 2.75) is 53.6 Å². The van der Waals surface area contributed by atoms with Gasteiger partial charge in [0.05, 0.1) is 41.0 Å². The van der Waals surface area contributed by atoms with Crippen LogP contribution in [0.2, 0.25) is 0 Å². The first kappa shape index (κ1) is 37.3. The maximum absolute atomic E-state index is 12.6. The zero-order valence-corrected chi connectivity index (χ0v) is 33.0. The van der Waals surface area contributed by atoms with E-state index in [0.29, 0.717) is 13.0 Å². The first-order valence-electron chi connectivity index (χ1n) is 17.1. The van der Waals surface area contributed by atoms with Crippen LogP contribution in [0.15, 0.2) is 125 Å². The second kappa shape index (κ2) is 16.5. The van der Waals surface area contributed by atoms with Crippen LogP contribution in [0.5, 0.6) is 11.5 Å². The fourth-order valence-corrected chi connectivity index (χ4v) is 9.55. The van der Waals surface area contributed by atoms with E-state index in [2.05, 4.69) is 64.4 Å². The van der Waals surface area contributed by atoms with Crippen LogP contribution in [0, 0.1) is 5.92 Å². The summed E-state index contributed by atoms with van der Waals surface area (Å²) in [6, 6.07) is 39.2. The first-order chi connectivity index (χ1) is 24.3. The molecule has 7 rings (SSSR count). The van der Waals surface area contributed by atoms with Crippen molar-refractivity contribution in [3.8, 4) is 22.6 Å². The first-order valence-corrected chi connectivity index (χ1v) is 19.4. The number of para-hydroxylation sites is 1. The van der Waals surface area contributed by atoms with Crippen LogP contribution in [0.4, 0.5) is 28.4 Å². The monoisotopic (exact) mass is 728 g/mol. The summed E-state index contributed by atoms with van der Waals surface area (Å²) in [7, 11) is -1.10. The van der Waals surface area contributed by atoms with Crippen molar-refractivity contribution in [1.82, 2.24) is 0 Å². The zero-order valence-electron chi connectivity index (χ0n) is 29.3. The number of anilines is 5. The molecule has 258 valence electrons. The molecule has 10 heteroatoms. The van der Waals surface area contributed by atoms with Gasteiger partial charge in [-0.05, 0) is 121 Å². The van der Waals surface area contributed by atoms with Crippen LogP contribution < -0.4 is 48.8 Å². The molecule has 0 amide bonds. The van der Waals surface area contributed by atoms with Crippen molar-refractivity contribution in [2.75, 3.05) is 30.6 Å². The molecular formula is C41H41N2NaO5S2. The van der Waals surface area contributed by atoms with Crippen LogP contribution in [0.3, 0.4) is 0 Å². The van der Waals surface area contributed by atoms with E-state index in [0.717, 1.165) is 93.0 Å². The van der Waals surface area contributed by atoms with Gasteiger partial charge in [0.2, 0.25) is 0 Å². The Balaban J connectivity index is 0.00000448. The van der Waals surface area contributed by atoms with E-state index in [1.165, 1.54) is 0 Å². The van der Waals surface area contributed by atoms with E-state index in [1.54, 1.807) is 26.0 Å². The number of hydrogen-bond acceptors (Lipinski definition) is 8. The number of fused-ring (bicyclic) bond motifs is 2. The summed E-state index contributed by atoms with van der Waals surface area (Å²) in [5.41, 5.74) is 7.18. The molecule has 1 unspecified atom stereocenters. The molecule has 1 aliphatic heterocycles. The standard InChI is InChI=1S/C41H42N2O5S2.Na/c1-47-35-21-17-33(18-22-35)43(34-19-23-36(48-2)24-20-34)32-15-12-29(13-16-32)31-14-25-40-38(28-31)42(37-10-6-7-11-39(37)49-40)27-26-41(50(44,45)46)30-8-4-3-5-9-30;/h6-7,10-25,28,30,41H,3-5,8-9,26-27H2,1-2H3,(H,44,45,46);/q;+1/p-1. The summed E-state index contributed by atoms with van der Waals surface area (Å²) in [6.45, 7) is 0.453. The van der Waals surface area contributed by atoms with Gasteiger partial charge >= 0.3 is 29.6 Å². The van der Waals surface area contributed by atoms with E-state index in [9.17, 15) is 13.0 Å². The summed E-state index contributed by atoms with van der Waals surface area (Å²) >= 11 is 1.72. The van der Waals surface area contributed by atoms with Crippen molar-refractivity contribution in [3.63, 3.8) is 0 Å². The molecule has 1 atom stereocenters. The van der Waals surface area contributed by atoms with Crippen LogP contribution in [-0.4, -0.2) is 39.0 Å². The Labute approximate surface area is 328 Å². The number of methoxy groups -OCH3 is 2. The third kappa shape index (κ3) is 8.30. The van der Waals surface area contributed by atoms with Gasteiger partial charge in [0.25, 0.3) is 0 Å². The summed E-state index contributed by atoms with van der Waals surface area (Å²) in [5.74, 6) is 1.51. The minimum absolute atomic E-state index is 0. The molecule has 1 heterocycles. The smallest absolute Gasteiger partial charge is 0.748 e. The van der Waals surface area contributed by atoms with Crippen molar-refractivity contribution in [1.29, 1.82) is 0 Å². The van der Waals surface area contributed by atoms with Crippen LogP contribution in [-0.2, 0) is 10.1 Å². The Morgan fingerprint density at radius 3 is 1.82 bits per heavy atom. The average Bonchev–Trinajstić information content (AvgIpc) is 3.15. The second-order valence-electron chi connectivity index (χ2n) is 12.9. The maximum Gasteiger partial charge on any atom is 1.00 e. The predicted molar refractivity (Wildman–Crippen MR) is 202 cm³/mol. The van der Waals surface area contributed by atoms with Gasteiger partial charge in [-0.2, -0.15) is 0 Å². The van der Waals surface area contributed by atoms with Gasteiger partial charge < -0.3 is 23.8 Å². The number of rotatable bonds is 11. The molecule has 1 aliphatic carbocycles. The molecule has 5 aromatic carbocycles. The summed E-state index contributed by atoms with van der Waals surface area (Å²) in [4.78, 5) is 6.63. The van der Waals surface area contributed by atoms with E-state index in [1.807, 2.05) is 60.7 Å². The van der Waals surface area contributed by atoms with Crippen molar-refractivity contribution in [3.05, 3.63) is 115 Å². The third-order valence-electron chi connectivity index (χ3n) is 9.93. The molecule has 7 nitrogen and oxygen atoms in total.